The number of Topliss-reactive ketones (excluding diaryl/α,β-unsaturated/α-hetero) is 2. The molecule has 0 saturated heterocycles. The fourth-order valence-electron chi connectivity index (χ4n) is 2.57. The molecular weight excluding hydrogens is 344 g/mol. The molecule has 2 rings (SSSR count). The van der Waals surface area contributed by atoms with Gasteiger partial charge in [-0.25, -0.2) is 4.79 Å². The third kappa shape index (κ3) is 6.06. The number of rotatable bonds is 10. The average molecular weight is 368 g/mol. The van der Waals surface area contributed by atoms with Gasteiger partial charge >= 0.3 is 5.97 Å². The Kier molecular flexibility index (Phi) is 7.74. The predicted octanol–water partition coefficient (Wildman–Crippen LogP) is 3.65. The van der Waals surface area contributed by atoms with E-state index in [1.165, 1.54) is 12.5 Å². The van der Waals surface area contributed by atoms with Gasteiger partial charge in [-0.2, -0.15) is 0 Å². The van der Waals surface area contributed by atoms with Gasteiger partial charge in [-0.15, -0.1) is 0 Å². The van der Waals surface area contributed by atoms with Crippen LogP contribution in [-0.4, -0.2) is 30.7 Å². The predicted molar refractivity (Wildman–Crippen MR) is 102 cm³/mol. The van der Waals surface area contributed by atoms with Gasteiger partial charge < -0.3 is 9.47 Å². The molecule has 1 atom stereocenters. The van der Waals surface area contributed by atoms with Crippen molar-refractivity contribution >= 4 is 17.5 Å². The summed E-state index contributed by atoms with van der Waals surface area (Å²) in [6, 6.07) is 16.8. The van der Waals surface area contributed by atoms with Crippen molar-refractivity contribution in [2.75, 3.05) is 13.2 Å². The molecule has 0 aliphatic carbocycles. The van der Waals surface area contributed by atoms with Crippen LogP contribution in [0.4, 0.5) is 0 Å². The molecule has 0 fully saturated rings. The first kappa shape index (κ1) is 20.4. The van der Waals surface area contributed by atoms with Crippen LogP contribution in [0.15, 0.2) is 54.6 Å². The summed E-state index contributed by atoms with van der Waals surface area (Å²) in [5.41, 5.74) is 1.62. The van der Waals surface area contributed by atoms with Crippen molar-refractivity contribution in [2.24, 2.45) is 5.92 Å². The highest BCUT2D eigenvalue weighted by atomic mass is 16.5. The molecule has 0 aliphatic heterocycles. The number of carbonyl (C=O) groups is 3. The van der Waals surface area contributed by atoms with Crippen LogP contribution in [0.2, 0.25) is 0 Å². The molecule has 142 valence electrons. The Balaban J connectivity index is 1.84. The van der Waals surface area contributed by atoms with Crippen molar-refractivity contribution in [3.05, 3.63) is 65.7 Å². The summed E-state index contributed by atoms with van der Waals surface area (Å²) in [6.07, 6.45) is 1.82. The minimum Gasteiger partial charge on any atom is -0.494 e. The van der Waals surface area contributed by atoms with E-state index in [-0.39, 0.29) is 6.61 Å². The summed E-state index contributed by atoms with van der Waals surface area (Å²) in [6.45, 7) is 3.69. The van der Waals surface area contributed by atoms with Crippen molar-refractivity contribution in [2.45, 2.75) is 26.7 Å². The maximum atomic E-state index is 12.4. The fourth-order valence-corrected chi connectivity index (χ4v) is 2.57. The molecule has 0 saturated carbocycles. The molecule has 0 amide bonds. The lowest BCUT2D eigenvalue weighted by atomic mass is 9.95. The normalized spacial score (nSPS) is 11.5. The Hall–Kier alpha value is -2.95. The van der Waals surface area contributed by atoms with E-state index in [0.717, 1.165) is 12.8 Å². The highest BCUT2D eigenvalue weighted by molar-refractivity contribution is 6.39. The summed E-state index contributed by atoms with van der Waals surface area (Å²) in [5, 5.41) is 0. The minimum absolute atomic E-state index is 0.0990. The zero-order valence-electron chi connectivity index (χ0n) is 15.6. The summed E-state index contributed by atoms with van der Waals surface area (Å²) >= 11 is 0. The Bertz CT molecular complexity index is 765. The first-order valence-electron chi connectivity index (χ1n) is 9.05. The molecule has 0 radical (unpaired) electrons. The van der Waals surface area contributed by atoms with E-state index in [1.807, 2.05) is 18.2 Å². The first-order valence-corrected chi connectivity index (χ1v) is 9.05. The van der Waals surface area contributed by atoms with Gasteiger partial charge in [0, 0.05) is 5.56 Å². The van der Waals surface area contributed by atoms with E-state index >= 15 is 0 Å². The Morgan fingerprint density at radius 3 is 2.26 bits per heavy atom. The Labute approximate surface area is 159 Å². The molecule has 5 heteroatoms. The van der Waals surface area contributed by atoms with Gasteiger partial charge in [-0.1, -0.05) is 30.3 Å². The Morgan fingerprint density at radius 2 is 1.63 bits per heavy atom. The van der Waals surface area contributed by atoms with Gasteiger partial charge in [-0.05, 0) is 56.5 Å². The summed E-state index contributed by atoms with van der Waals surface area (Å²) in [7, 11) is 0. The number of hydrogen-bond acceptors (Lipinski definition) is 5. The molecular formula is C22H24O5. The zero-order chi connectivity index (χ0) is 19.6. The van der Waals surface area contributed by atoms with Crippen molar-refractivity contribution in [1.82, 2.24) is 0 Å². The van der Waals surface area contributed by atoms with Gasteiger partial charge in [0.15, 0.2) is 5.78 Å². The molecule has 27 heavy (non-hydrogen) atoms. The van der Waals surface area contributed by atoms with Crippen LogP contribution in [0.3, 0.4) is 0 Å². The highest BCUT2D eigenvalue weighted by Crippen LogP contribution is 2.16. The van der Waals surface area contributed by atoms with Gasteiger partial charge in [0.05, 0.1) is 19.1 Å². The maximum Gasteiger partial charge on any atom is 0.375 e. The first-order chi connectivity index (χ1) is 13.0. The topological polar surface area (TPSA) is 69.7 Å². The molecule has 0 heterocycles. The molecule has 2 aromatic carbocycles. The summed E-state index contributed by atoms with van der Waals surface area (Å²) in [4.78, 5) is 35.7. The molecule has 0 aromatic heterocycles. The standard InChI is InChI=1S/C22H24O5/c1-3-26-22(25)21(24)16(2)20(23)18-11-13-19(14-12-18)27-15-7-10-17-8-5-4-6-9-17/h4-6,8-9,11-14,16H,3,7,10,15H2,1-2H3. The van der Waals surface area contributed by atoms with E-state index < -0.39 is 23.5 Å². The summed E-state index contributed by atoms with van der Waals surface area (Å²) in [5.74, 6) is -2.63. The number of carbonyl (C=O) groups excluding carboxylic acids is 3. The number of ether oxygens (including phenoxy) is 2. The van der Waals surface area contributed by atoms with E-state index in [1.54, 1.807) is 31.2 Å². The van der Waals surface area contributed by atoms with E-state index in [4.69, 9.17) is 4.74 Å². The second-order valence-corrected chi connectivity index (χ2v) is 6.13. The fraction of sp³-hybridized carbons (Fsp3) is 0.318. The SMILES string of the molecule is CCOC(=O)C(=O)C(C)C(=O)c1ccc(OCCCc2ccccc2)cc1. The quantitative estimate of drug-likeness (QED) is 0.210. The second-order valence-electron chi connectivity index (χ2n) is 6.13. The lowest BCUT2D eigenvalue weighted by Crippen LogP contribution is -2.29. The van der Waals surface area contributed by atoms with Crippen LogP contribution in [0.5, 0.6) is 5.75 Å². The monoisotopic (exact) mass is 368 g/mol. The summed E-state index contributed by atoms with van der Waals surface area (Å²) < 4.78 is 10.3. The van der Waals surface area contributed by atoms with E-state index in [0.29, 0.717) is 17.9 Å². The van der Waals surface area contributed by atoms with Gasteiger partial charge in [0.25, 0.3) is 5.78 Å². The van der Waals surface area contributed by atoms with Gasteiger partial charge in [0.2, 0.25) is 0 Å². The van der Waals surface area contributed by atoms with Crippen LogP contribution in [0.1, 0.15) is 36.2 Å². The third-order valence-corrected chi connectivity index (χ3v) is 4.12. The zero-order valence-corrected chi connectivity index (χ0v) is 15.6. The van der Waals surface area contributed by atoms with E-state index in [2.05, 4.69) is 16.9 Å². The molecule has 0 N–H and O–H groups in total. The number of esters is 1. The Morgan fingerprint density at radius 1 is 0.963 bits per heavy atom. The average Bonchev–Trinajstić information content (AvgIpc) is 2.71. The number of ketones is 2. The molecule has 1 unspecified atom stereocenters. The lowest BCUT2D eigenvalue weighted by Gasteiger charge is -2.10. The minimum atomic E-state index is -1.07. The molecule has 5 nitrogen and oxygen atoms in total. The molecule has 0 bridgehead atoms. The van der Waals surface area contributed by atoms with Gasteiger partial charge in [0.1, 0.15) is 5.75 Å². The molecule has 0 spiro atoms. The lowest BCUT2D eigenvalue weighted by molar-refractivity contribution is -0.154. The maximum absolute atomic E-state index is 12.4. The van der Waals surface area contributed by atoms with Crippen molar-refractivity contribution in [3.8, 4) is 5.75 Å². The molecule has 2 aromatic rings. The van der Waals surface area contributed by atoms with Crippen molar-refractivity contribution in [3.63, 3.8) is 0 Å². The largest absolute Gasteiger partial charge is 0.494 e. The van der Waals surface area contributed by atoms with Crippen LogP contribution < -0.4 is 4.74 Å². The van der Waals surface area contributed by atoms with Crippen LogP contribution >= 0.6 is 0 Å². The second kappa shape index (κ2) is 10.3. The highest BCUT2D eigenvalue weighted by Gasteiger charge is 2.29. The number of aryl methyl sites for hydroxylation is 1. The van der Waals surface area contributed by atoms with Gasteiger partial charge in [-0.3, -0.25) is 9.59 Å². The van der Waals surface area contributed by atoms with Crippen LogP contribution in [0, 0.1) is 5.92 Å². The van der Waals surface area contributed by atoms with Crippen LogP contribution in [0.25, 0.3) is 0 Å². The number of hydrogen-bond donors (Lipinski definition) is 0. The van der Waals surface area contributed by atoms with E-state index in [9.17, 15) is 14.4 Å². The third-order valence-electron chi connectivity index (χ3n) is 4.12. The smallest absolute Gasteiger partial charge is 0.375 e. The van der Waals surface area contributed by atoms with Crippen LogP contribution in [-0.2, 0) is 20.7 Å². The van der Waals surface area contributed by atoms with Crippen molar-refractivity contribution in [1.29, 1.82) is 0 Å². The van der Waals surface area contributed by atoms with Crippen molar-refractivity contribution < 1.29 is 23.9 Å². The molecule has 0 aliphatic rings. The number of benzene rings is 2.